The Bertz CT molecular complexity index is 2720. The van der Waals surface area contributed by atoms with E-state index in [1.165, 1.54) is 23.3 Å². The van der Waals surface area contributed by atoms with Crippen LogP contribution in [0, 0.1) is 12.8 Å². The molecule has 0 radical (unpaired) electrons. The van der Waals surface area contributed by atoms with Crippen molar-refractivity contribution < 1.29 is 9.30 Å². The van der Waals surface area contributed by atoms with Crippen LogP contribution in [0.4, 0.5) is 34.5 Å². The molecule has 0 spiro atoms. The number of benzene rings is 3. The molecule has 0 saturated carbocycles. The van der Waals surface area contributed by atoms with Crippen molar-refractivity contribution in [2.75, 3.05) is 80.6 Å². The number of methoxy groups -OCH3 is 1. The average Bonchev–Trinajstić information content (AvgIpc) is 3.26. The first kappa shape index (κ1) is 43.1. The molecule has 2 aliphatic heterocycles. The zero-order valence-electron chi connectivity index (χ0n) is 35.8. The second-order valence-electron chi connectivity index (χ2n) is 16.6. The molecular weight excluding hydrogens is 869 g/mol. The predicted octanol–water partition coefficient (Wildman–Crippen LogP) is 7.28. The molecule has 2 aliphatic rings. The first-order valence-electron chi connectivity index (χ1n) is 21.0. The molecule has 0 amide bonds. The van der Waals surface area contributed by atoms with Gasteiger partial charge < -0.3 is 34.6 Å². The third kappa shape index (κ3) is 9.57. The van der Waals surface area contributed by atoms with Crippen LogP contribution in [-0.2, 0) is 4.57 Å². The molecule has 6 aromatic rings. The number of aryl methyl sites for hydroxylation is 1. The lowest BCUT2D eigenvalue weighted by molar-refractivity contribution is 0.189. The van der Waals surface area contributed by atoms with E-state index in [4.69, 9.17) is 9.72 Å². The van der Waals surface area contributed by atoms with Gasteiger partial charge in [0.15, 0.2) is 0 Å². The number of fused-ring (bicyclic) bond motifs is 1. The SMILES string of the molecule is COc1cc(N2CCC(N(C)CCC3CCN(c4ccc(-n5ccc(=O)[nH]c5=O)cc4)CC3)CC2)c(C)cc1Nc1ncc(Br)c(Nc2ccc3nccnc3c2P(C)(C)=O)n1. The smallest absolute Gasteiger partial charge is 0.332 e. The highest BCUT2D eigenvalue weighted by Crippen LogP contribution is 2.42. The summed E-state index contributed by atoms with van der Waals surface area (Å²) in [4.78, 5) is 51.7. The molecule has 2 fully saturated rings. The molecule has 15 nitrogen and oxygen atoms in total. The molecule has 0 aliphatic carbocycles. The van der Waals surface area contributed by atoms with Crippen molar-refractivity contribution in [1.29, 1.82) is 0 Å². The molecule has 62 heavy (non-hydrogen) atoms. The minimum absolute atomic E-state index is 0.378. The molecule has 17 heteroatoms. The maximum atomic E-state index is 13.5. The van der Waals surface area contributed by atoms with E-state index in [2.05, 4.69) is 99.4 Å². The summed E-state index contributed by atoms with van der Waals surface area (Å²) in [5.41, 5.74) is 6.03. The Balaban J connectivity index is 0.841. The number of aromatic amines is 1. The lowest BCUT2D eigenvalue weighted by Gasteiger charge is -2.39. The summed E-state index contributed by atoms with van der Waals surface area (Å²) in [6, 6.07) is 17.8. The van der Waals surface area contributed by atoms with Crippen molar-refractivity contribution in [3.63, 3.8) is 0 Å². The van der Waals surface area contributed by atoms with Crippen LogP contribution in [-0.4, -0.2) is 101 Å². The van der Waals surface area contributed by atoms with Gasteiger partial charge >= 0.3 is 5.69 Å². The molecule has 0 atom stereocenters. The number of piperidine rings is 2. The van der Waals surface area contributed by atoms with E-state index in [-0.39, 0.29) is 0 Å². The Kier molecular flexibility index (Phi) is 12.8. The number of rotatable bonds is 13. The summed E-state index contributed by atoms with van der Waals surface area (Å²) in [5, 5.41) is 7.37. The van der Waals surface area contributed by atoms with Gasteiger partial charge in [0.2, 0.25) is 5.95 Å². The first-order valence-corrected chi connectivity index (χ1v) is 24.4. The van der Waals surface area contributed by atoms with E-state index in [9.17, 15) is 14.2 Å². The number of aromatic nitrogens is 6. The summed E-state index contributed by atoms with van der Waals surface area (Å²) in [5.74, 6) is 2.29. The standard InChI is InChI=1S/C45H53BrN11O4P/c1-29-26-37(51-44-49-28-34(46)43(53-44)50-36-11-10-35-41(48-19-18-47-35)42(36)62(4,5)60)39(61-3)27-38(29)56-23-15-31(16-24-56)54(2)20-12-30-13-21-55(22-14-30)32-6-8-33(9-7-32)57-25-17-40(58)52-45(57)59/h6-11,17-19,25-28,30-31H,12-16,20-24H2,1-5H3,(H,52,58,59)(H2,49,50,51,53). The van der Waals surface area contributed by atoms with E-state index < -0.39 is 18.4 Å². The molecule has 3 N–H and O–H groups in total. The quantitative estimate of drug-likeness (QED) is 0.0991. The van der Waals surface area contributed by atoms with E-state index in [0.717, 1.165) is 86.7 Å². The van der Waals surface area contributed by atoms with Gasteiger partial charge in [-0.15, -0.1) is 0 Å². The fraction of sp³-hybridized carbons (Fsp3) is 0.378. The fourth-order valence-corrected chi connectivity index (χ4v) is 10.4. The van der Waals surface area contributed by atoms with Crippen LogP contribution >= 0.6 is 23.1 Å². The van der Waals surface area contributed by atoms with Crippen LogP contribution in [0.3, 0.4) is 0 Å². The molecule has 2 saturated heterocycles. The van der Waals surface area contributed by atoms with Crippen molar-refractivity contribution >= 4 is 73.9 Å². The highest BCUT2D eigenvalue weighted by atomic mass is 79.9. The maximum Gasteiger partial charge on any atom is 0.332 e. The Morgan fingerprint density at radius 1 is 0.887 bits per heavy atom. The summed E-state index contributed by atoms with van der Waals surface area (Å²) >= 11 is 3.59. The lowest BCUT2D eigenvalue weighted by atomic mass is 9.92. The molecule has 324 valence electrons. The number of hydrogen-bond acceptors (Lipinski definition) is 13. The number of halogens is 1. The number of hydrogen-bond donors (Lipinski definition) is 3. The van der Waals surface area contributed by atoms with Gasteiger partial charge in [-0.3, -0.25) is 24.3 Å². The van der Waals surface area contributed by atoms with Gasteiger partial charge in [0.1, 0.15) is 24.2 Å². The van der Waals surface area contributed by atoms with Crippen LogP contribution in [0.25, 0.3) is 16.7 Å². The van der Waals surface area contributed by atoms with Gasteiger partial charge in [-0.25, -0.2) is 9.78 Å². The van der Waals surface area contributed by atoms with Crippen molar-refractivity contribution in [2.24, 2.45) is 5.92 Å². The fourth-order valence-electron chi connectivity index (χ4n) is 8.76. The van der Waals surface area contributed by atoms with Crippen LogP contribution in [0.2, 0.25) is 0 Å². The molecule has 3 aromatic carbocycles. The monoisotopic (exact) mass is 921 g/mol. The van der Waals surface area contributed by atoms with E-state index in [1.54, 1.807) is 39.0 Å². The second kappa shape index (κ2) is 18.4. The zero-order chi connectivity index (χ0) is 43.5. The van der Waals surface area contributed by atoms with Gasteiger partial charge in [-0.1, -0.05) is 0 Å². The first-order chi connectivity index (χ1) is 29.8. The Morgan fingerprint density at radius 3 is 2.31 bits per heavy atom. The van der Waals surface area contributed by atoms with Gasteiger partial charge in [0.05, 0.1) is 39.5 Å². The highest BCUT2D eigenvalue weighted by Gasteiger charge is 2.27. The number of H-pyrrole nitrogens is 1. The Morgan fingerprint density at radius 2 is 1.60 bits per heavy atom. The summed E-state index contributed by atoms with van der Waals surface area (Å²) in [6.07, 6.45) is 12.1. The molecule has 5 heterocycles. The molecular formula is C45H53BrN11O4P. The largest absolute Gasteiger partial charge is 0.494 e. The van der Waals surface area contributed by atoms with Crippen molar-refractivity contribution in [2.45, 2.75) is 45.1 Å². The van der Waals surface area contributed by atoms with Crippen LogP contribution in [0.1, 0.15) is 37.7 Å². The third-order valence-electron chi connectivity index (χ3n) is 12.2. The summed E-state index contributed by atoms with van der Waals surface area (Å²) < 4.78 is 21.5. The van der Waals surface area contributed by atoms with Crippen LogP contribution < -0.4 is 41.7 Å². The number of anilines is 6. The normalized spacial score (nSPS) is 15.3. The highest BCUT2D eigenvalue weighted by molar-refractivity contribution is 9.10. The van der Waals surface area contributed by atoms with Crippen LogP contribution in [0.15, 0.2) is 93.4 Å². The topological polar surface area (TPSA) is 166 Å². The average molecular weight is 923 g/mol. The number of nitrogens with zero attached hydrogens (tertiary/aromatic N) is 8. The van der Waals surface area contributed by atoms with Gasteiger partial charge in [-0.05, 0) is 136 Å². The van der Waals surface area contributed by atoms with E-state index in [1.807, 2.05) is 24.3 Å². The van der Waals surface area contributed by atoms with Crippen LogP contribution in [0.5, 0.6) is 5.75 Å². The van der Waals surface area contributed by atoms with Gasteiger partial charge in [0, 0.05) is 80.5 Å². The minimum atomic E-state index is -2.76. The minimum Gasteiger partial charge on any atom is -0.494 e. The third-order valence-corrected chi connectivity index (χ3v) is 14.3. The number of nitrogens with one attached hydrogen (secondary N) is 3. The predicted molar refractivity (Wildman–Crippen MR) is 253 cm³/mol. The Hall–Kier alpha value is -5.57. The summed E-state index contributed by atoms with van der Waals surface area (Å²) in [7, 11) is 1.20. The zero-order valence-corrected chi connectivity index (χ0v) is 38.2. The van der Waals surface area contributed by atoms with Gasteiger partial charge in [0.25, 0.3) is 5.56 Å². The Labute approximate surface area is 369 Å². The second-order valence-corrected chi connectivity index (χ2v) is 20.6. The van der Waals surface area contributed by atoms with Crippen molar-refractivity contribution in [3.8, 4) is 11.4 Å². The molecule has 8 rings (SSSR count). The summed E-state index contributed by atoms with van der Waals surface area (Å²) in [6.45, 7) is 10.6. The van der Waals surface area contributed by atoms with E-state index >= 15 is 0 Å². The molecule has 0 unspecified atom stereocenters. The number of ether oxygens (including phenoxy) is 1. The van der Waals surface area contributed by atoms with Crippen molar-refractivity contribution in [1.82, 2.24) is 34.4 Å². The lowest BCUT2D eigenvalue weighted by Crippen LogP contribution is -2.44. The molecule has 0 bridgehead atoms. The molecule has 3 aromatic heterocycles. The van der Waals surface area contributed by atoms with E-state index in [0.29, 0.717) is 56.0 Å². The van der Waals surface area contributed by atoms with Gasteiger partial charge in [-0.2, -0.15) is 4.98 Å². The van der Waals surface area contributed by atoms with Crippen molar-refractivity contribution in [3.05, 3.63) is 110 Å². The maximum absolute atomic E-state index is 13.5.